The third-order valence-corrected chi connectivity index (χ3v) is 3.97. The number of nitrogens with zero attached hydrogens (tertiary/aromatic N) is 1. The molecule has 2 aromatic carbocycles. The van der Waals surface area contributed by atoms with E-state index in [1.165, 1.54) is 6.07 Å². The van der Waals surface area contributed by atoms with Gasteiger partial charge in [-0.3, -0.25) is 4.99 Å². The average Bonchev–Trinajstić information content (AvgIpc) is 2.92. The van der Waals surface area contributed by atoms with Crippen molar-refractivity contribution in [2.24, 2.45) is 4.99 Å². The molecule has 1 unspecified atom stereocenters. The zero-order valence-electron chi connectivity index (χ0n) is 10.5. The topological polar surface area (TPSA) is 24.4 Å². The highest BCUT2D eigenvalue weighted by molar-refractivity contribution is 8.14. The molecule has 0 fully saturated rings. The van der Waals surface area contributed by atoms with Crippen LogP contribution in [0.5, 0.6) is 0 Å². The van der Waals surface area contributed by atoms with Crippen LogP contribution < -0.4 is 5.32 Å². The Hall–Kier alpha value is -1.88. The smallest absolute Gasteiger partial charge is 0.161 e. The molecule has 0 amide bonds. The summed E-state index contributed by atoms with van der Waals surface area (Å²) in [5.74, 6) is -0.868. The van der Waals surface area contributed by atoms with Crippen LogP contribution in [-0.2, 0) is 0 Å². The van der Waals surface area contributed by atoms with Gasteiger partial charge >= 0.3 is 0 Å². The van der Waals surface area contributed by atoms with Crippen LogP contribution in [0.3, 0.4) is 0 Å². The van der Waals surface area contributed by atoms with Gasteiger partial charge in [-0.2, -0.15) is 0 Å². The number of halogens is 2. The second-order valence-electron chi connectivity index (χ2n) is 4.43. The minimum atomic E-state index is -0.863. The predicted molar refractivity (Wildman–Crippen MR) is 79.1 cm³/mol. The summed E-state index contributed by atoms with van der Waals surface area (Å²) in [7, 11) is 0. The maximum Gasteiger partial charge on any atom is 0.161 e. The summed E-state index contributed by atoms with van der Waals surface area (Å²) in [4.78, 5) is 4.56. The summed E-state index contributed by atoms with van der Waals surface area (Å²) in [6.45, 7) is 0. The molecule has 1 aliphatic rings. The molecule has 5 heteroatoms. The first kappa shape index (κ1) is 13.1. The van der Waals surface area contributed by atoms with Gasteiger partial charge in [-0.25, -0.2) is 8.78 Å². The van der Waals surface area contributed by atoms with Crippen LogP contribution in [0.2, 0.25) is 0 Å². The Kier molecular flexibility index (Phi) is 3.69. The first-order valence-electron chi connectivity index (χ1n) is 6.20. The Morgan fingerprint density at radius 2 is 1.85 bits per heavy atom. The summed E-state index contributed by atoms with van der Waals surface area (Å²) < 4.78 is 26.0. The lowest BCUT2D eigenvalue weighted by molar-refractivity contribution is 0.509. The molecule has 1 heterocycles. The van der Waals surface area contributed by atoms with Gasteiger partial charge in [0.2, 0.25) is 0 Å². The molecule has 0 saturated heterocycles. The summed E-state index contributed by atoms with van der Waals surface area (Å²) >= 11 is 1.57. The fourth-order valence-corrected chi connectivity index (χ4v) is 2.96. The van der Waals surface area contributed by atoms with Gasteiger partial charge in [0.1, 0.15) is 0 Å². The molecular formula is C15H12F2N2S. The summed E-state index contributed by atoms with van der Waals surface area (Å²) in [5, 5.41) is 3.74. The molecule has 1 atom stereocenters. The number of thioether (sulfide) groups is 1. The van der Waals surface area contributed by atoms with Crippen molar-refractivity contribution in [3.63, 3.8) is 0 Å². The minimum absolute atomic E-state index is 0.106. The van der Waals surface area contributed by atoms with E-state index in [9.17, 15) is 8.78 Å². The van der Waals surface area contributed by atoms with Crippen molar-refractivity contribution in [2.75, 3.05) is 11.1 Å². The van der Waals surface area contributed by atoms with Crippen molar-refractivity contribution in [2.45, 2.75) is 6.04 Å². The van der Waals surface area contributed by atoms with Crippen LogP contribution in [-0.4, -0.2) is 10.9 Å². The lowest BCUT2D eigenvalue weighted by Crippen LogP contribution is -2.05. The standard InChI is InChI=1S/C15H12F2N2S/c16-12-7-6-11(8-13(12)17)18-15-19-14(9-20-15)10-4-2-1-3-5-10/h1-8,14H,9H2,(H,18,19). The molecule has 0 spiro atoms. The van der Waals surface area contributed by atoms with E-state index < -0.39 is 11.6 Å². The second kappa shape index (κ2) is 5.63. The van der Waals surface area contributed by atoms with Gasteiger partial charge in [0.25, 0.3) is 0 Å². The number of rotatable bonds is 2. The number of anilines is 1. The number of amidine groups is 1. The van der Waals surface area contributed by atoms with Crippen LogP contribution in [0.25, 0.3) is 0 Å². The number of aliphatic imine (C=N–C) groups is 1. The third-order valence-electron chi connectivity index (χ3n) is 3.01. The van der Waals surface area contributed by atoms with Crippen LogP contribution in [0.15, 0.2) is 53.5 Å². The molecule has 0 bridgehead atoms. The van der Waals surface area contributed by atoms with Gasteiger partial charge in [0.05, 0.1) is 6.04 Å². The summed E-state index contributed by atoms with van der Waals surface area (Å²) in [6, 6.07) is 13.8. The number of nitrogens with one attached hydrogen (secondary N) is 1. The summed E-state index contributed by atoms with van der Waals surface area (Å²) in [5.41, 5.74) is 1.66. The first-order valence-corrected chi connectivity index (χ1v) is 7.18. The highest BCUT2D eigenvalue weighted by atomic mass is 32.2. The van der Waals surface area contributed by atoms with Crippen molar-refractivity contribution in [3.8, 4) is 0 Å². The van der Waals surface area contributed by atoms with E-state index in [-0.39, 0.29) is 6.04 Å². The quantitative estimate of drug-likeness (QED) is 0.895. The molecule has 2 nitrogen and oxygen atoms in total. The van der Waals surface area contributed by atoms with E-state index in [2.05, 4.69) is 10.3 Å². The molecule has 0 aromatic heterocycles. The normalized spacial score (nSPS) is 17.9. The molecule has 1 aliphatic heterocycles. The second-order valence-corrected chi connectivity index (χ2v) is 5.43. The number of benzene rings is 2. The zero-order valence-corrected chi connectivity index (χ0v) is 11.3. The lowest BCUT2D eigenvalue weighted by Gasteiger charge is -2.05. The molecule has 2 aromatic rings. The third kappa shape index (κ3) is 2.82. The molecule has 0 saturated carbocycles. The average molecular weight is 290 g/mol. The van der Waals surface area contributed by atoms with E-state index in [0.29, 0.717) is 5.69 Å². The Bertz CT molecular complexity index is 644. The van der Waals surface area contributed by atoms with E-state index >= 15 is 0 Å². The first-order chi connectivity index (χ1) is 9.72. The monoisotopic (exact) mass is 290 g/mol. The lowest BCUT2D eigenvalue weighted by atomic mass is 10.1. The highest BCUT2D eigenvalue weighted by Crippen LogP contribution is 2.30. The van der Waals surface area contributed by atoms with Crippen molar-refractivity contribution >= 4 is 22.6 Å². The van der Waals surface area contributed by atoms with Gasteiger partial charge < -0.3 is 5.32 Å². The molecule has 102 valence electrons. The van der Waals surface area contributed by atoms with Gasteiger partial charge in [0.15, 0.2) is 16.8 Å². The van der Waals surface area contributed by atoms with E-state index in [0.717, 1.165) is 28.6 Å². The predicted octanol–water partition coefficient (Wildman–Crippen LogP) is 4.22. The molecule has 1 N–H and O–H groups in total. The van der Waals surface area contributed by atoms with Crippen molar-refractivity contribution in [1.29, 1.82) is 0 Å². The van der Waals surface area contributed by atoms with Crippen molar-refractivity contribution in [3.05, 3.63) is 65.7 Å². The van der Waals surface area contributed by atoms with E-state index in [1.54, 1.807) is 11.8 Å². The zero-order chi connectivity index (χ0) is 13.9. The molecular weight excluding hydrogens is 278 g/mol. The van der Waals surface area contributed by atoms with Gasteiger partial charge in [-0.15, -0.1) is 0 Å². The van der Waals surface area contributed by atoms with Gasteiger partial charge in [-0.1, -0.05) is 42.1 Å². The molecule has 0 radical (unpaired) electrons. The van der Waals surface area contributed by atoms with E-state index in [1.807, 2.05) is 30.3 Å². The number of hydrogen-bond acceptors (Lipinski definition) is 3. The SMILES string of the molecule is Fc1ccc(NC2=NC(c3ccccc3)CS2)cc1F. The Morgan fingerprint density at radius 1 is 1.05 bits per heavy atom. The summed E-state index contributed by atoms with van der Waals surface area (Å²) in [6.07, 6.45) is 0. The Labute approximate surface area is 119 Å². The van der Waals surface area contributed by atoms with Crippen LogP contribution in [0, 0.1) is 11.6 Å². The van der Waals surface area contributed by atoms with Gasteiger partial charge in [0, 0.05) is 17.5 Å². The maximum absolute atomic E-state index is 13.1. The van der Waals surface area contributed by atoms with Crippen molar-refractivity contribution in [1.82, 2.24) is 0 Å². The maximum atomic E-state index is 13.1. The minimum Gasteiger partial charge on any atom is -0.335 e. The fraction of sp³-hybridized carbons (Fsp3) is 0.133. The molecule has 20 heavy (non-hydrogen) atoms. The van der Waals surface area contributed by atoms with Gasteiger partial charge in [-0.05, 0) is 17.7 Å². The van der Waals surface area contributed by atoms with Crippen molar-refractivity contribution < 1.29 is 8.78 Å². The number of hydrogen-bond donors (Lipinski definition) is 1. The highest BCUT2D eigenvalue weighted by Gasteiger charge is 2.19. The fourth-order valence-electron chi connectivity index (χ4n) is 1.99. The Morgan fingerprint density at radius 3 is 2.60 bits per heavy atom. The molecule has 0 aliphatic carbocycles. The van der Waals surface area contributed by atoms with Crippen LogP contribution >= 0.6 is 11.8 Å². The Balaban J connectivity index is 1.74. The van der Waals surface area contributed by atoms with E-state index in [4.69, 9.17) is 0 Å². The van der Waals surface area contributed by atoms with Crippen LogP contribution in [0.4, 0.5) is 14.5 Å². The molecule has 3 rings (SSSR count). The van der Waals surface area contributed by atoms with Crippen LogP contribution in [0.1, 0.15) is 11.6 Å². The largest absolute Gasteiger partial charge is 0.335 e.